The van der Waals surface area contributed by atoms with Crippen molar-refractivity contribution >= 4 is 19.8 Å². The Bertz CT molecular complexity index is 1060. The summed E-state index contributed by atoms with van der Waals surface area (Å²) in [5.74, 6) is -0.845. The van der Waals surface area contributed by atoms with Crippen molar-refractivity contribution in [3.8, 4) is 0 Å². The Morgan fingerprint density at radius 1 is 0.508 bits per heavy atom. The zero-order valence-electron chi connectivity index (χ0n) is 38.2. The van der Waals surface area contributed by atoms with Crippen LogP contribution < -0.4 is 5.73 Å². The van der Waals surface area contributed by atoms with E-state index in [9.17, 15) is 19.0 Å². The van der Waals surface area contributed by atoms with Gasteiger partial charge in [0.25, 0.3) is 0 Å². The molecule has 0 saturated carbocycles. The highest BCUT2D eigenvalue weighted by Gasteiger charge is 2.26. The molecule has 0 aliphatic carbocycles. The molecule has 346 valence electrons. The second-order valence-electron chi connectivity index (χ2n) is 16.3. The van der Waals surface area contributed by atoms with Crippen LogP contribution in [0.2, 0.25) is 0 Å². The van der Waals surface area contributed by atoms with E-state index >= 15 is 0 Å². The molecule has 0 aliphatic heterocycles. The Labute approximate surface area is 363 Å². The number of ether oxygens (including phenoxy) is 2. The molecular weight excluding hydrogens is 762 g/mol. The van der Waals surface area contributed by atoms with Crippen LogP contribution in [0.15, 0.2) is 36.5 Å². The number of hydrogen-bond acceptors (Lipinski definition) is 8. The van der Waals surface area contributed by atoms with Gasteiger partial charge in [-0.2, -0.15) is 0 Å². The maximum absolute atomic E-state index is 12.6. The van der Waals surface area contributed by atoms with Gasteiger partial charge in [0.1, 0.15) is 6.61 Å². The molecule has 0 heterocycles. The molecule has 0 saturated heterocycles. The highest BCUT2D eigenvalue weighted by Crippen LogP contribution is 2.43. The average Bonchev–Trinajstić information content (AvgIpc) is 3.22. The molecule has 59 heavy (non-hydrogen) atoms. The molecule has 2 atom stereocenters. The number of esters is 2. The highest BCUT2D eigenvalue weighted by atomic mass is 31.2. The second kappa shape index (κ2) is 45.7. The lowest BCUT2D eigenvalue weighted by Crippen LogP contribution is -2.29. The summed E-state index contributed by atoms with van der Waals surface area (Å²) in [6, 6.07) is 0. The Kier molecular flexibility index (Phi) is 44.4. The van der Waals surface area contributed by atoms with Gasteiger partial charge in [-0.1, -0.05) is 204 Å². The van der Waals surface area contributed by atoms with Gasteiger partial charge in [0.15, 0.2) is 6.10 Å². The van der Waals surface area contributed by atoms with Crippen LogP contribution in [0.25, 0.3) is 0 Å². The molecular formula is C49H92NO8P. The molecule has 0 spiro atoms. The average molecular weight is 854 g/mol. The van der Waals surface area contributed by atoms with Gasteiger partial charge in [0, 0.05) is 19.4 Å². The molecule has 0 radical (unpaired) electrons. The number of carbonyl (C=O) groups is 2. The molecule has 0 aromatic carbocycles. The van der Waals surface area contributed by atoms with Crippen molar-refractivity contribution in [1.82, 2.24) is 0 Å². The van der Waals surface area contributed by atoms with Crippen molar-refractivity contribution in [2.24, 2.45) is 5.73 Å². The van der Waals surface area contributed by atoms with Crippen LogP contribution in [-0.2, 0) is 32.7 Å². The van der Waals surface area contributed by atoms with Crippen LogP contribution >= 0.6 is 7.82 Å². The molecule has 0 fully saturated rings. The fourth-order valence-electron chi connectivity index (χ4n) is 6.88. The minimum Gasteiger partial charge on any atom is -0.462 e. The number of phosphoric ester groups is 1. The predicted molar refractivity (Wildman–Crippen MR) is 247 cm³/mol. The number of unbranched alkanes of at least 4 members (excludes halogenated alkanes) is 27. The number of phosphoric acid groups is 1. The molecule has 10 heteroatoms. The van der Waals surface area contributed by atoms with Gasteiger partial charge in [0.05, 0.1) is 13.2 Å². The van der Waals surface area contributed by atoms with Crippen LogP contribution in [0.1, 0.15) is 232 Å². The zero-order chi connectivity index (χ0) is 43.2. The fourth-order valence-corrected chi connectivity index (χ4v) is 7.64. The van der Waals surface area contributed by atoms with Gasteiger partial charge in [0.2, 0.25) is 0 Å². The monoisotopic (exact) mass is 854 g/mol. The first-order valence-electron chi connectivity index (χ1n) is 24.5. The lowest BCUT2D eigenvalue weighted by Gasteiger charge is -2.19. The number of nitrogens with two attached hydrogens (primary N) is 1. The maximum atomic E-state index is 12.6. The Hall–Kier alpha value is -1.77. The Morgan fingerprint density at radius 3 is 1.34 bits per heavy atom. The third-order valence-corrected chi connectivity index (χ3v) is 11.5. The summed E-state index contributed by atoms with van der Waals surface area (Å²) >= 11 is 0. The highest BCUT2D eigenvalue weighted by molar-refractivity contribution is 7.47. The first-order chi connectivity index (χ1) is 28.8. The van der Waals surface area contributed by atoms with Gasteiger partial charge in [-0.3, -0.25) is 18.6 Å². The summed E-state index contributed by atoms with van der Waals surface area (Å²) in [7, 11) is -4.38. The van der Waals surface area contributed by atoms with E-state index in [1.54, 1.807) is 0 Å². The standard InChI is InChI=1S/C49H92NO8P/c1-3-5-7-9-11-13-15-17-19-21-22-23-24-26-27-29-31-33-35-37-39-41-48(51)55-45-47(46-57-59(53,54)56-44-43-50)58-49(52)42-40-38-36-34-32-30-28-25-20-18-16-14-12-10-8-6-4-2/h12,14,18,20,28,30,47H,3-11,13,15-17,19,21-27,29,31-46,50H2,1-2H3,(H,53,54)/b14-12+,20-18+,30-28+/t47-/m1/s1. The van der Waals surface area contributed by atoms with Gasteiger partial charge < -0.3 is 20.1 Å². The van der Waals surface area contributed by atoms with Crippen molar-refractivity contribution in [3.63, 3.8) is 0 Å². The van der Waals surface area contributed by atoms with Crippen molar-refractivity contribution in [2.45, 2.75) is 238 Å². The predicted octanol–water partition coefficient (Wildman–Crippen LogP) is 14.5. The van der Waals surface area contributed by atoms with E-state index in [0.717, 1.165) is 57.8 Å². The zero-order valence-corrected chi connectivity index (χ0v) is 39.1. The van der Waals surface area contributed by atoms with Gasteiger partial charge in [-0.05, 0) is 51.4 Å². The molecule has 9 nitrogen and oxygen atoms in total. The van der Waals surface area contributed by atoms with Crippen LogP contribution in [-0.4, -0.2) is 49.3 Å². The van der Waals surface area contributed by atoms with E-state index in [-0.39, 0.29) is 38.6 Å². The summed E-state index contributed by atoms with van der Waals surface area (Å²) < 4.78 is 32.9. The number of carbonyl (C=O) groups excluding carboxylic acids is 2. The number of rotatable bonds is 46. The molecule has 0 aliphatic rings. The van der Waals surface area contributed by atoms with Crippen LogP contribution in [0.4, 0.5) is 0 Å². The first-order valence-corrected chi connectivity index (χ1v) is 26.0. The maximum Gasteiger partial charge on any atom is 0.472 e. The van der Waals surface area contributed by atoms with E-state index in [2.05, 4.69) is 50.3 Å². The molecule has 0 bridgehead atoms. The quantitative estimate of drug-likeness (QED) is 0.0265. The third-order valence-electron chi connectivity index (χ3n) is 10.5. The van der Waals surface area contributed by atoms with Gasteiger partial charge in [-0.25, -0.2) is 4.57 Å². The molecule has 1 unspecified atom stereocenters. The van der Waals surface area contributed by atoms with E-state index in [1.165, 1.54) is 141 Å². The lowest BCUT2D eigenvalue weighted by atomic mass is 10.0. The molecule has 0 aromatic heterocycles. The summed E-state index contributed by atoms with van der Waals surface area (Å²) in [5, 5.41) is 0. The minimum atomic E-state index is -4.38. The Morgan fingerprint density at radius 2 is 0.881 bits per heavy atom. The summed E-state index contributed by atoms with van der Waals surface area (Å²) in [4.78, 5) is 35.0. The number of hydrogen-bond donors (Lipinski definition) is 2. The van der Waals surface area contributed by atoms with Gasteiger partial charge in [-0.15, -0.1) is 0 Å². The molecule has 0 rings (SSSR count). The summed E-state index contributed by atoms with van der Waals surface area (Å²) in [6.07, 6.45) is 51.8. The van der Waals surface area contributed by atoms with E-state index in [1.807, 2.05) is 0 Å². The van der Waals surface area contributed by atoms with Crippen molar-refractivity contribution in [1.29, 1.82) is 0 Å². The fraction of sp³-hybridized carbons (Fsp3) is 0.837. The van der Waals surface area contributed by atoms with Crippen LogP contribution in [0.3, 0.4) is 0 Å². The van der Waals surface area contributed by atoms with Crippen molar-refractivity contribution in [3.05, 3.63) is 36.5 Å². The summed E-state index contributed by atoms with van der Waals surface area (Å²) in [6.45, 7) is 3.71. The SMILES string of the molecule is CCCCC/C=C/C/C=C/C/C=C/CCCCCCC(=O)O[C@H](COC(=O)CCCCCCCCCCCCCCCCCCCCCCC)COP(=O)(O)OCCN. The minimum absolute atomic E-state index is 0.0501. The Balaban J connectivity index is 4.07. The van der Waals surface area contributed by atoms with E-state index in [0.29, 0.717) is 6.42 Å². The first kappa shape index (κ1) is 57.2. The topological polar surface area (TPSA) is 134 Å². The molecule has 3 N–H and O–H groups in total. The number of allylic oxidation sites excluding steroid dienone is 6. The van der Waals surface area contributed by atoms with Crippen LogP contribution in [0.5, 0.6) is 0 Å². The van der Waals surface area contributed by atoms with E-state index < -0.39 is 26.5 Å². The third kappa shape index (κ3) is 45.6. The second-order valence-corrected chi connectivity index (χ2v) is 17.8. The van der Waals surface area contributed by atoms with Crippen molar-refractivity contribution < 1.29 is 37.6 Å². The van der Waals surface area contributed by atoms with E-state index in [4.69, 9.17) is 24.3 Å². The smallest absolute Gasteiger partial charge is 0.462 e. The van der Waals surface area contributed by atoms with Gasteiger partial charge >= 0.3 is 19.8 Å². The largest absolute Gasteiger partial charge is 0.472 e. The summed E-state index contributed by atoms with van der Waals surface area (Å²) in [5.41, 5.74) is 5.36. The lowest BCUT2D eigenvalue weighted by molar-refractivity contribution is -0.161. The normalized spacial score (nSPS) is 13.5. The van der Waals surface area contributed by atoms with Crippen molar-refractivity contribution in [2.75, 3.05) is 26.4 Å². The molecule has 0 amide bonds. The van der Waals surface area contributed by atoms with Crippen LogP contribution in [0, 0.1) is 0 Å². The molecule has 0 aromatic rings.